The molecule has 0 aromatic heterocycles. The van der Waals surface area contributed by atoms with Crippen molar-refractivity contribution in [3.8, 4) is 5.75 Å². The molecule has 0 radical (unpaired) electrons. The maximum Gasteiger partial charge on any atom is 0.119 e. The molecule has 0 bridgehead atoms. The Kier molecular flexibility index (Phi) is 6.49. The first-order chi connectivity index (χ1) is 10.2. The second kappa shape index (κ2) is 8.37. The first-order valence-electron chi connectivity index (χ1n) is 7.85. The number of methoxy groups -OCH3 is 1. The third-order valence-electron chi connectivity index (χ3n) is 4.04. The Labute approximate surface area is 127 Å². The van der Waals surface area contributed by atoms with Crippen LogP contribution >= 0.6 is 0 Å². The van der Waals surface area contributed by atoms with Gasteiger partial charge in [0.15, 0.2) is 0 Å². The van der Waals surface area contributed by atoms with Crippen LogP contribution < -0.4 is 10.5 Å². The lowest BCUT2D eigenvalue weighted by molar-refractivity contribution is -0.0332. The van der Waals surface area contributed by atoms with Gasteiger partial charge in [-0.25, -0.2) is 0 Å². The molecule has 1 aromatic carbocycles. The van der Waals surface area contributed by atoms with Gasteiger partial charge in [-0.2, -0.15) is 0 Å². The highest BCUT2D eigenvalue weighted by Crippen LogP contribution is 2.24. The molecule has 3 unspecified atom stereocenters. The normalized spacial score (nSPS) is 23.8. The van der Waals surface area contributed by atoms with Crippen LogP contribution in [0.4, 0.5) is 0 Å². The monoisotopic (exact) mass is 293 g/mol. The maximum absolute atomic E-state index is 6.21. The molecule has 1 aliphatic rings. The Bertz CT molecular complexity index is 407. The van der Waals surface area contributed by atoms with Crippen molar-refractivity contribution in [1.82, 2.24) is 0 Å². The molecule has 0 amide bonds. The minimum atomic E-state index is -0.0939. The summed E-state index contributed by atoms with van der Waals surface area (Å²) in [6, 6.07) is 7.85. The van der Waals surface area contributed by atoms with Crippen molar-refractivity contribution in [1.29, 1.82) is 0 Å². The molecule has 2 N–H and O–H groups in total. The van der Waals surface area contributed by atoms with E-state index in [1.54, 1.807) is 7.11 Å². The molecule has 0 aliphatic heterocycles. The van der Waals surface area contributed by atoms with Gasteiger partial charge in [0.05, 0.1) is 31.5 Å². The van der Waals surface area contributed by atoms with E-state index in [4.69, 9.17) is 19.9 Å². The van der Waals surface area contributed by atoms with Crippen LogP contribution in [0.3, 0.4) is 0 Å². The lowest BCUT2D eigenvalue weighted by atomic mass is 9.95. The largest absolute Gasteiger partial charge is 0.494 e. The summed E-state index contributed by atoms with van der Waals surface area (Å²) in [7, 11) is 1.78. The topological polar surface area (TPSA) is 53.7 Å². The van der Waals surface area contributed by atoms with Gasteiger partial charge in [0.2, 0.25) is 0 Å². The predicted molar refractivity (Wildman–Crippen MR) is 83.5 cm³/mol. The minimum Gasteiger partial charge on any atom is -0.494 e. The average Bonchev–Trinajstić information content (AvgIpc) is 2.54. The van der Waals surface area contributed by atoms with Gasteiger partial charge < -0.3 is 19.9 Å². The Morgan fingerprint density at radius 2 is 1.90 bits per heavy atom. The molecule has 0 saturated heterocycles. The SMILES string of the molecule is CCOc1ccc(C(N)COC2CCCC(OC)C2)cc1. The van der Waals surface area contributed by atoms with Gasteiger partial charge in [0.25, 0.3) is 0 Å². The van der Waals surface area contributed by atoms with Gasteiger partial charge in [-0.15, -0.1) is 0 Å². The molecule has 1 aromatic rings. The molecule has 1 aliphatic carbocycles. The fourth-order valence-corrected chi connectivity index (χ4v) is 2.78. The molecule has 1 saturated carbocycles. The van der Waals surface area contributed by atoms with E-state index in [-0.39, 0.29) is 12.1 Å². The van der Waals surface area contributed by atoms with Crippen LogP contribution in [0.2, 0.25) is 0 Å². The Hall–Kier alpha value is -1.10. The summed E-state index contributed by atoms with van der Waals surface area (Å²) in [6.45, 7) is 3.21. The van der Waals surface area contributed by atoms with Crippen molar-refractivity contribution < 1.29 is 14.2 Å². The van der Waals surface area contributed by atoms with Gasteiger partial charge >= 0.3 is 0 Å². The second-order valence-corrected chi connectivity index (χ2v) is 5.59. The highest BCUT2D eigenvalue weighted by atomic mass is 16.5. The van der Waals surface area contributed by atoms with Crippen LogP contribution in [0, 0.1) is 0 Å². The van der Waals surface area contributed by atoms with Crippen molar-refractivity contribution >= 4 is 0 Å². The summed E-state index contributed by atoms with van der Waals surface area (Å²) in [4.78, 5) is 0. The molecule has 3 atom stereocenters. The summed E-state index contributed by atoms with van der Waals surface area (Å²) < 4.78 is 16.8. The van der Waals surface area contributed by atoms with E-state index in [1.165, 1.54) is 6.42 Å². The Morgan fingerprint density at radius 1 is 1.19 bits per heavy atom. The van der Waals surface area contributed by atoms with E-state index < -0.39 is 0 Å². The first kappa shape index (κ1) is 16.3. The van der Waals surface area contributed by atoms with Crippen LogP contribution in [0.5, 0.6) is 5.75 Å². The number of ether oxygens (including phenoxy) is 3. The molecule has 118 valence electrons. The van der Waals surface area contributed by atoms with Gasteiger partial charge in [-0.05, 0) is 50.3 Å². The molecule has 2 rings (SSSR count). The van der Waals surface area contributed by atoms with Crippen molar-refractivity contribution in [2.45, 2.75) is 50.9 Å². The predicted octanol–water partition coefficient (Wildman–Crippen LogP) is 3.06. The van der Waals surface area contributed by atoms with E-state index in [0.717, 1.165) is 30.6 Å². The van der Waals surface area contributed by atoms with Crippen molar-refractivity contribution in [2.75, 3.05) is 20.3 Å². The molecule has 4 heteroatoms. The summed E-state index contributed by atoms with van der Waals surface area (Å²) in [5, 5.41) is 0. The van der Waals surface area contributed by atoms with E-state index in [0.29, 0.717) is 19.3 Å². The smallest absolute Gasteiger partial charge is 0.119 e. The standard InChI is InChI=1S/C17H27NO3/c1-3-20-14-9-7-13(8-10-14)17(18)12-21-16-6-4-5-15(11-16)19-2/h7-10,15-17H,3-6,11-12,18H2,1-2H3. The van der Waals surface area contributed by atoms with E-state index in [2.05, 4.69) is 0 Å². The molecule has 4 nitrogen and oxygen atoms in total. The van der Waals surface area contributed by atoms with Gasteiger partial charge in [-0.1, -0.05) is 12.1 Å². The van der Waals surface area contributed by atoms with Crippen molar-refractivity contribution in [3.05, 3.63) is 29.8 Å². The number of benzene rings is 1. The van der Waals surface area contributed by atoms with Crippen LogP contribution in [-0.4, -0.2) is 32.5 Å². The summed E-state index contributed by atoms with van der Waals surface area (Å²) >= 11 is 0. The van der Waals surface area contributed by atoms with Crippen LogP contribution in [0.15, 0.2) is 24.3 Å². The van der Waals surface area contributed by atoms with Crippen LogP contribution in [0.25, 0.3) is 0 Å². The summed E-state index contributed by atoms with van der Waals surface area (Å²) in [5.41, 5.74) is 7.29. The zero-order valence-electron chi connectivity index (χ0n) is 13.1. The number of rotatable bonds is 7. The third kappa shape index (κ3) is 4.99. The van der Waals surface area contributed by atoms with E-state index >= 15 is 0 Å². The highest BCUT2D eigenvalue weighted by molar-refractivity contribution is 5.29. The molecular formula is C17H27NO3. The Morgan fingerprint density at radius 3 is 2.57 bits per heavy atom. The zero-order chi connectivity index (χ0) is 15.1. The molecular weight excluding hydrogens is 266 g/mol. The lowest BCUT2D eigenvalue weighted by Crippen LogP contribution is -2.30. The fraction of sp³-hybridized carbons (Fsp3) is 0.647. The van der Waals surface area contributed by atoms with E-state index in [1.807, 2.05) is 31.2 Å². The third-order valence-corrected chi connectivity index (χ3v) is 4.04. The van der Waals surface area contributed by atoms with Crippen LogP contribution in [0.1, 0.15) is 44.2 Å². The van der Waals surface area contributed by atoms with Crippen molar-refractivity contribution in [3.63, 3.8) is 0 Å². The minimum absolute atomic E-state index is 0.0939. The second-order valence-electron chi connectivity index (χ2n) is 5.59. The van der Waals surface area contributed by atoms with Gasteiger partial charge in [-0.3, -0.25) is 0 Å². The van der Waals surface area contributed by atoms with Crippen molar-refractivity contribution in [2.24, 2.45) is 5.73 Å². The van der Waals surface area contributed by atoms with Crippen LogP contribution in [-0.2, 0) is 9.47 Å². The number of hydrogen-bond donors (Lipinski definition) is 1. The molecule has 0 heterocycles. The fourth-order valence-electron chi connectivity index (χ4n) is 2.78. The quantitative estimate of drug-likeness (QED) is 0.839. The molecule has 1 fully saturated rings. The molecule has 0 spiro atoms. The number of hydrogen-bond acceptors (Lipinski definition) is 4. The number of nitrogens with two attached hydrogens (primary N) is 1. The average molecular weight is 293 g/mol. The van der Waals surface area contributed by atoms with Gasteiger partial charge in [0.1, 0.15) is 5.75 Å². The first-order valence-corrected chi connectivity index (χ1v) is 7.85. The molecule has 21 heavy (non-hydrogen) atoms. The Balaban J connectivity index is 1.79. The zero-order valence-corrected chi connectivity index (χ0v) is 13.1. The summed E-state index contributed by atoms with van der Waals surface area (Å²) in [6.07, 6.45) is 5.01. The van der Waals surface area contributed by atoms with Gasteiger partial charge in [0, 0.05) is 7.11 Å². The lowest BCUT2D eigenvalue weighted by Gasteiger charge is -2.29. The summed E-state index contributed by atoms with van der Waals surface area (Å²) in [5.74, 6) is 0.879. The highest BCUT2D eigenvalue weighted by Gasteiger charge is 2.22. The van der Waals surface area contributed by atoms with E-state index in [9.17, 15) is 0 Å². The maximum atomic E-state index is 6.21.